The molecule has 0 spiro atoms. The van der Waals surface area contributed by atoms with Gasteiger partial charge in [0.05, 0.1) is 0 Å². The summed E-state index contributed by atoms with van der Waals surface area (Å²) in [7, 11) is 0. The van der Waals surface area contributed by atoms with Crippen molar-refractivity contribution in [2.24, 2.45) is 0 Å². The maximum absolute atomic E-state index is 12.4. The third-order valence-electron chi connectivity index (χ3n) is 3.33. The van der Waals surface area contributed by atoms with Gasteiger partial charge in [0, 0.05) is 17.7 Å². The first-order chi connectivity index (χ1) is 9.06. The molecule has 2 rings (SSSR count). The first-order valence-electron chi connectivity index (χ1n) is 6.37. The van der Waals surface area contributed by atoms with Crippen molar-refractivity contribution in [2.45, 2.75) is 32.7 Å². The first kappa shape index (κ1) is 13.3. The van der Waals surface area contributed by atoms with E-state index in [1.54, 1.807) is 13.0 Å². The number of anilines is 1. The van der Waals surface area contributed by atoms with Gasteiger partial charge in [0.1, 0.15) is 6.04 Å². The van der Waals surface area contributed by atoms with Crippen LogP contribution >= 0.6 is 0 Å². The highest BCUT2D eigenvalue weighted by Gasteiger charge is 2.38. The Balaban J connectivity index is 2.42. The van der Waals surface area contributed by atoms with Crippen molar-refractivity contribution < 1.29 is 14.7 Å². The molecule has 4 nitrogen and oxygen atoms in total. The normalized spacial score (nSPS) is 18.3. The van der Waals surface area contributed by atoms with Gasteiger partial charge in [-0.3, -0.25) is 9.69 Å². The fourth-order valence-corrected chi connectivity index (χ4v) is 2.42. The Kier molecular flexibility index (Phi) is 3.69. The lowest BCUT2D eigenvalue weighted by Gasteiger charge is -2.23. The average molecular weight is 259 g/mol. The van der Waals surface area contributed by atoms with Gasteiger partial charge in [0.15, 0.2) is 0 Å². The van der Waals surface area contributed by atoms with E-state index in [4.69, 9.17) is 0 Å². The Labute approximate surface area is 112 Å². The van der Waals surface area contributed by atoms with E-state index in [0.29, 0.717) is 17.7 Å². The molecule has 0 aromatic heterocycles. The molecule has 100 valence electrons. The van der Waals surface area contributed by atoms with E-state index in [0.717, 1.165) is 12.0 Å². The second-order valence-electron chi connectivity index (χ2n) is 4.66. The van der Waals surface area contributed by atoms with Crippen LogP contribution in [-0.2, 0) is 16.0 Å². The van der Waals surface area contributed by atoms with Gasteiger partial charge in [-0.15, -0.1) is 0 Å². The number of amides is 1. The Morgan fingerprint density at radius 3 is 2.74 bits per heavy atom. The van der Waals surface area contributed by atoms with Crippen LogP contribution in [0.15, 0.2) is 35.9 Å². The molecule has 1 N–H and O–H groups in total. The predicted octanol–water partition coefficient (Wildman–Crippen LogP) is 2.39. The van der Waals surface area contributed by atoms with Crippen LogP contribution in [0.3, 0.4) is 0 Å². The minimum Gasteiger partial charge on any atom is -0.480 e. The molecule has 1 aliphatic heterocycles. The number of nitrogens with zero attached hydrogens (tertiary/aromatic N) is 1. The second-order valence-corrected chi connectivity index (χ2v) is 4.66. The first-order valence-corrected chi connectivity index (χ1v) is 6.37. The summed E-state index contributed by atoms with van der Waals surface area (Å²) < 4.78 is 0. The molecule has 1 heterocycles. The topological polar surface area (TPSA) is 57.6 Å². The van der Waals surface area contributed by atoms with Crippen LogP contribution in [0.2, 0.25) is 0 Å². The van der Waals surface area contributed by atoms with Crippen LogP contribution in [0.25, 0.3) is 0 Å². The maximum Gasteiger partial charge on any atom is 0.327 e. The van der Waals surface area contributed by atoms with Gasteiger partial charge in [-0.1, -0.05) is 31.2 Å². The van der Waals surface area contributed by atoms with Crippen LogP contribution < -0.4 is 4.90 Å². The highest BCUT2D eigenvalue weighted by atomic mass is 16.4. The van der Waals surface area contributed by atoms with Crippen LogP contribution in [0.5, 0.6) is 0 Å². The molecule has 1 unspecified atom stereocenters. The number of fused-ring (bicyclic) bond motifs is 1. The van der Waals surface area contributed by atoms with Crippen LogP contribution in [0.4, 0.5) is 5.69 Å². The molecule has 1 atom stereocenters. The zero-order valence-corrected chi connectivity index (χ0v) is 11.1. The lowest BCUT2D eigenvalue weighted by Crippen LogP contribution is -2.43. The van der Waals surface area contributed by atoms with Crippen molar-refractivity contribution >= 4 is 17.6 Å². The number of allylic oxidation sites excluding steroid dienone is 1. The van der Waals surface area contributed by atoms with E-state index in [2.05, 4.69) is 0 Å². The fraction of sp³-hybridized carbons (Fsp3) is 0.333. The predicted molar refractivity (Wildman–Crippen MR) is 73.1 cm³/mol. The van der Waals surface area contributed by atoms with Gasteiger partial charge in [0.2, 0.25) is 0 Å². The average Bonchev–Trinajstić information content (AvgIpc) is 2.77. The Morgan fingerprint density at radius 2 is 2.11 bits per heavy atom. The number of hydrogen-bond acceptors (Lipinski definition) is 2. The zero-order chi connectivity index (χ0) is 14.0. The standard InChI is InChI=1S/C15H17NO3/c1-3-6-10(2)14(17)16-12-8-5-4-7-11(12)9-13(16)15(18)19/h4-8,13H,3,9H2,1-2H3,(H,18,19)/b10-6-. The summed E-state index contributed by atoms with van der Waals surface area (Å²) in [5, 5.41) is 9.30. The molecule has 0 saturated heterocycles. The minimum absolute atomic E-state index is 0.223. The van der Waals surface area contributed by atoms with Crippen molar-refractivity contribution in [3.8, 4) is 0 Å². The van der Waals surface area contributed by atoms with E-state index in [9.17, 15) is 14.7 Å². The molecule has 1 aromatic rings. The largest absolute Gasteiger partial charge is 0.480 e. The molecule has 1 aromatic carbocycles. The summed E-state index contributed by atoms with van der Waals surface area (Å²) in [6.45, 7) is 3.68. The van der Waals surface area contributed by atoms with Crippen molar-refractivity contribution in [1.82, 2.24) is 0 Å². The SMILES string of the molecule is CC/C=C(/C)C(=O)N1c2ccccc2CC1C(=O)O. The molecule has 0 aliphatic carbocycles. The summed E-state index contributed by atoms with van der Waals surface area (Å²) in [6, 6.07) is 6.56. The molecule has 0 bridgehead atoms. The molecule has 4 heteroatoms. The van der Waals surface area contributed by atoms with E-state index < -0.39 is 12.0 Å². The van der Waals surface area contributed by atoms with E-state index >= 15 is 0 Å². The lowest BCUT2D eigenvalue weighted by molar-refractivity contribution is -0.139. The number of carbonyl (C=O) groups excluding carboxylic acids is 1. The van der Waals surface area contributed by atoms with Crippen LogP contribution in [0.1, 0.15) is 25.8 Å². The Bertz CT molecular complexity index is 548. The summed E-state index contributed by atoms with van der Waals surface area (Å²) in [5.74, 6) is -1.19. The molecule has 0 saturated carbocycles. The number of hydrogen-bond donors (Lipinski definition) is 1. The van der Waals surface area contributed by atoms with Crippen molar-refractivity contribution in [3.63, 3.8) is 0 Å². The van der Waals surface area contributed by atoms with Crippen LogP contribution in [-0.4, -0.2) is 23.0 Å². The van der Waals surface area contributed by atoms with E-state index in [1.807, 2.05) is 31.2 Å². The van der Waals surface area contributed by atoms with Gasteiger partial charge in [-0.05, 0) is 25.0 Å². The van der Waals surface area contributed by atoms with Gasteiger partial charge in [-0.25, -0.2) is 4.79 Å². The molecular weight excluding hydrogens is 242 g/mol. The molecule has 0 fully saturated rings. The number of carbonyl (C=O) groups is 2. The maximum atomic E-state index is 12.4. The van der Waals surface area contributed by atoms with E-state index in [-0.39, 0.29) is 5.91 Å². The van der Waals surface area contributed by atoms with Crippen molar-refractivity contribution in [2.75, 3.05) is 4.90 Å². The second kappa shape index (κ2) is 5.26. The van der Waals surface area contributed by atoms with Gasteiger partial charge in [-0.2, -0.15) is 0 Å². The number of benzene rings is 1. The number of carboxylic acids is 1. The quantitative estimate of drug-likeness (QED) is 0.848. The molecular formula is C15H17NO3. The van der Waals surface area contributed by atoms with Crippen LogP contribution in [0, 0.1) is 0 Å². The Morgan fingerprint density at radius 1 is 1.42 bits per heavy atom. The number of rotatable bonds is 3. The third kappa shape index (κ3) is 2.38. The third-order valence-corrected chi connectivity index (χ3v) is 3.33. The van der Waals surface area contributed by atoms with Gasteiger partial charge in [0.25, 0.3) is 5.91 Å². The highest BCUT2D eigenvalue weighted by molar-refractivity contribution is 6.10. The molecule has 1 aliphatic rings. The Hall–Kier alpha value is -2.10. The summed E-state index contributed by atoms with van der Waals surface area (Å²) in [6.07, 6.45) is 2.95. The smallest absolute Gasteiger partial charge is 0.327 e. The summed E-state index contributed by atoms with van der Waals surface area (Å²) >= 11 is 0. The summed E-state index contributed by atoms with van der Waals surface area (Å²) in [4.78, 5) is 25.2. The highest BCUT2D eigenvalue weighted by Crippen LogP contribution is 2.33. The van der Waals surface area contributed by atoms with E-state index in [1.165, 1.54) is 4.90 Å². The molecule has 19 heavy (non-hydrogen) atoms. The number of para-hydroxylation sites is 1. The fourth-order valence-electron chi connectivity index (χ4n) is 2.42. The number of aliphatic carboxylic acids is 1. The van der Waals surface area contributed by atoms with Crippen molar-refractivity contribution in [3.05, 3.63) is 41.5 Å². The minimum atomic E-state index is -0.964. The summed E-state index contributed by atoms with van der Waals surface area (Å²) in [5.41, 5.74) is 2.21. The van der Waals surface area contributed by atoms with Gasteiger partial charge < -0.3 is 5.11 Å². The lowest BCUT2D eigenvalue weighted by atomic mass is 10.1. The monoisotopic (exact) mass is 259 g/mol. The van der Waals surface area contributed by atoms with Gasteiger partial charge >= 0.3 is 5.97 Å². The van der Waals surface area contributed by atoms with Crippen molar-refractivity contribution in [1.29, 1.82) is 0 Å². The molecule has 1 amide bonds. The number of carboxylic acid groups (broad SMARTS) is 1. The molecule has 0 radical (unpaired) electrons. The zero-order valence-electron chi connectivity index (χ0n) is 11.1.